The molecule has 3 aromatic rings. The van der Waals surface area contributed by atoms with Crippen LogP contribution in [-0.2, 0) is 6.18 Å². The Hall–Kier alpha value is -3.07. The van der Waals surface area contributed by atoms with Crippen molar-refractivity contribution in [1.29, 1.82) is 0 Å². The zero-order valence-electron chi connectivity index (χ0n) is 15.7. The highest BCUT2D eigenvalue weighted by Gasteiger charge is 2.40. The van der Waals surface area contributed by atoms with Crippen molar-refractivity contribution in [2.45, 2.75) is 19.0 Å². The minimum absolute atomic E-state index is 0.141. The SMILES string of the molecule is O=C(Nc1ccc(N2CCCC2)nc1)c1cnn(-c2ccc(Cl)cc2)c1C(F)(F)F. The molecule has 1 saturated heterocycles. The molecule has 0 aliphatic carbocycles. The highest BCUT2D eigenvalue weighted by molar-refractivity contribution is 6.30. The van der Waals surface area contributed by atoms with Gasteiger partial charge in [-0.2, -0.15) is 18.3 Å². The fourth-order valence-electron chi connectivity index (χ4n) is 3.36. The lowest BCUT2D eigenvalue weighted by Crippen LogP contribution is -2.21. The summed E-state index contributed by atoms with van der Waals surface area (Å²) < 4.78 is 41.9. The van der Waals surface area contributed by atoms with Crippen molar-refractivity contribution in [3.63, 3.8) is 0 Å². The number of hydrogen-bond acceptors (Lipinski definition) is 4. The Kier molecular flexibility index (Phi) is 5.38. The highest BCUT2D eigenvalue weighted by Crippen LogP contribution is 2.34. The number of amides is 1. The molecule has 0 unspecified atom stereocenters. The summed E-state index contributed by atoms with van der Waals surface area (Å²) in [6.07, 6.45) is -0.266. The third-order valence-electron chi connectivity index (χ3n) is 4.79. The van der Waals surface area contributed by atoms with Gasteiger partial charge in [0.05, 0.1) is 29.3 Å². The Morgan fingerprint density at radius 3 is 2.33 bits per heavy atom. The summed E-state index contributed by atoms with van der Waals surface area (Å²) in [5.41, 5.74) is -1.30. The third-order valence-corrected chi connectivity index (χ3v) is 5.04. The van der Waals surface area contributed by atoms with Gasteiger partial charge in [-0.15, -0.1) is 0 Å². The summed E-state index contributed by atoms with van der Waals surface area (Å²) in [4.78, 5) is 19.0. The predicted molar refractivity (Wildman–Crippen MR) is 107 cm³/mol. The second kappa shape index (κ2) is 7.98. The summed E-state index contributed by atoms with van der Waals surface area (Å²) in [6, 6.07) is 9.05. The van der Waals surface area contributed by atoms with E-state index in [1.165, 1.54) is 30.5 Å². The lowest BCUT2D eigenvalue weighted by atomic mass is 10.2. The molecule has 1 aliphatic rings. The standard InChI is InChI=1S/C20H17ClF3N5O/c21-13-3-6-15(7-4-13)29-18(20(22,23)24)16(12-26-29)19(30)27-14-5-8-17(25-11-14)28-9-1-2-10-28/h3-8,11-12H,1-2,9-10H2,(H,27,30). The summed E-state index contributed by atoms with van der Waals surface area (Å²) in [5.74, 6) is -0.143. The maximum atomic E-state index is 13.7. The molecule has 1 fully saturated rings. The first-order valence-corrected chi connectivity index (χ1v) is 9.64. The quantitative estimate of drug-likeness (QED) is 0.640. The van der Waals surface area contributed by atoms with E-state index in [1.807, 2.05) is 0 Å². The number of rotatable bonds is 4. The Bertz CT molecular complexity index is 1040. The molecule has 0 saturated carbocycles. The topological polar surface area (TPSA) is 63.1 Å². The molecule has 0 radical (unpaired) electrons. The minimum atomic E-state index is -4.79. The van der Waals surface area contributed by atoms with E-state index < -0.39 is 23.3 Å². The summed E-state index contributed by atoms with van der Waals surface area (Å²) in [5, 5.41) is 6.63. The number of pyridine rings is 1. The molecule has 0 atom stereocenters. The predicted octanol–water partition coefficient (Wildman–Crippen LogP) is 4.79. The van der Waals surface area contributed by atoms with Crippen LogP contribution >= 0.6 is 11.6 Å². The minimum Gasteiger partial charge on any atom is -0.357 e. The Balaban J connectivity index is 1.60. The number of anilines is 2. The van der Waals surface area contributed by atoms with Gasteiger partial charge in [0.15, 0.2) is 5.69 Å². The average Bonchev–Trinajstić information content (AvgIpc) is 3.39. The van der Waals surface area contributed by atoms with E-state index in [1.54, 1.807) is 12.1 Å². The second-order valence-corrected chi connectivity index (χ2v) is 7.28. The zero-order chi connectivity index (χ0) is 21.3. The number of nitrogens with zero attached hydrogens (tertiary/aromatic N) is 4. The second-order valence-electron chi connectivity index (χ2n) is 6.85. The van der Waals surface area contributed by atoms with Gasteiger partial charge < -0.3 is 10.2 Å². The van der Waals surface area contributed by atoms with Gasteiger partial charge >= 0.3 is 6.18 Å². The van der Waals surface area contributed by atoms with Crippen LogP contribution in [0.2, 0.25) is 5.02 Å². The van der Waals surface area contributed by atoms with E-state index in [4.69, 9.17) is 11.6 Å². The van der Waals surface area contributed by atoms with Crippen LogP contribution in [0.4, 0.5) is 24.7 Å². The lowest BCUT2D eigenvalue weighted by molar-refractivity contribution is -0.143. The number of carbonyl (C=O) groups excluding carboxylic acids is 1. The number of benzene rings is 1. The number of hydrogen-bond donors (Lipinski definition) is 1. The van der Waals surface area contributed by atoms with Crippen LogP contribution in [0.5, 0.6) is 0 Å². The van der Waals surface area contributed by atoms with E-state index in [0.717, 1.165) is 37.9 Å². The van der Waals surface area contributed by atoms with Gasteiger partial charge in [0.1, 0.15) is 5.82 Å². The highest BCUT2D eigenvalue weighted by atomic mass is 35.5. The van der Waals surface area contributed by atoms with Gasteiger partial charge in [0.2, 0.25) is 0 Å². The maximum Gasteiger partial charge on any atom is 0.434 e. The van der Waals surface area contributed by atoms with Crippen LogP contribution in [0.15, 0.2) is 48.8 Å². The van der Waals surface area contributed by atoms with Crippen molar-refractivity contribution >= 4 is 29.0 Å². The van der Waals surface area contributed by atoms with E-state index in [-0.39, 0.29) is 5.69 Å². The van der Waals surface area contributed by atoms with E-state index in [0.29, 0.717) is 15.4 Å². The van der Waals surface area contributed by atoms with Crippen molar-refractivity contribution in [2.24, 2.45) is 0 Å². The Morgan fingerprint density at radius 2 is 1.73 bits per heavy atom. The first kappa shape index (κ1) is 20.2. The number of carbonyl (C=O) groups is 1. The van der Waals surface area contributed by atoms with Crippen molar-refractivity contribution in [2.75, 3.05) is 23.3 Å². The zero-order valence-corrected chi connectivity index (χ0v) is 16.4. The van der Waals surface area contributed by atoms with Gasteiger partial charge in [-0.05, 0) is 49.2 Å². The fourth-order valence-corrected chi connectivity index (χ4v) is 3.48. The van der Waals surface area contributed by atoms with Crippen LogP contribution < -0.4 is 10.2 Å². The number of alkyl halides is 3. The molecular weight excluding hydrogens is 419 g/mol. The van der Waals surface area contributed by atoms with Crippen LogP contribution in [-0.4, -0.2) is 33.8 Å². The van der Waals surface area contributed by atoms with Gasteiger partial charge in [-0.25, -0.2) is 9.67 Å². The fraction of sp³-hybridized carbons (Fsp3) is 0.250. The molecule has 6 nitrogen and oxygen atoms in total. The van der Waals surface area contributed by atoms with Crippen molar-refractivity contribution in [1.82, 2.24) is 14.8 Å². The summed E-state index contributed by atoms with van der Waals surface area (Å²) in [7, 11) is 0. The third kappa shape index (κ3) is 4.11. The number of halogens is 4. The molecule has 2 aromatic heterocycles. The number of aromatic nitrogens is 3. The summed E-state index contributed by atoms with van der Waals surface area (Å²) in [6.45, 7) is 1.83. The molecule has 3 heterocycles. The molecule has 4 rings (SSSR count). The molecule has 0 bridgehead atoms. The van der Waals surface area contributed by atoms with Gasteiger partial charge in [-0.3, -0.25) is 4.79 Å². The molecule has 1 amide bonds. The Morgan fingerprint density at radius 1 is 1.03 bits per heavy atom. The molecule has 30 heavy (non-hydrogen) atoms. The molecule has 1 aliphatic heterocycles. The molecule has 156 valence electrons. The van der Waals surface area contributed by atoms with Crippen LogP contribution in [0.25, 0.3) is 5.69 Å². The van der Waals surface area contributed by atoms with Crippen LogP contribution in [0.1, 0.15) is 28.9 Å². The van der Waals surface area contributed by atoms with Gasteiger partial charge in [-0.1, -0.05) is 11.6 Å². The van der Waals surface area contributed by atoms with E-state index in [2.05, 4.69) is 20.3 Å². The van der Waals surface area contributed by atoms with Gasteiger partial charge in [0.25, 0.3) is 5.91 Å². The average molecular weight is 436 g/mol. The summed E-state index contributed by atoms with van der Waals surface area (Å²) >= 11 is 5.80. The first-order valence-electron chi connectivity index (χ1n) is 9.26. The Labute approximate surface area is 175 Å². The first-order chi connectivity index (χ1) is 14.3. The van der Waals surface area contributed by atoms with Crippen LogP contribution in [0, 0.1) is 0 Å². The largest absolute Gasteiger partial charge is 0.434 e. The van der Waals surface area contributed by atoms with Crippen molar-refractivity contribution in [3.8, 4) is 5.69 Å². The maximum absolute atomic E-state index is 13.7. The van der Waals surface area contributed by atoms with Crippen LogP contribution in [0.3, 0.4) is 0 Å². The van der Waals surface area contributed by atoms with Crippen molar-refractivity contribution in [3.05, 3.63) is 65.1 Å². The van der Waals surface area contributed by atoms with Crippen molar-refractivity contribution < 1.29 is 18.0 Å². The normalized spacial score (nSPS) is 14.2. The molecular formula is C20H17ClF3N5O. The molecule has 10 heteroatoms. The number of nitrogens with one attached hydrogen (secondary N) is 1. The van der Waals surface area contributed by atoms with Gasteiger partial charge in [0, 0.05) is 18.1 Å². The lowest BCUT2D eigenvalue weighted by Gasteiger charge is -2.16. The molecule has 0 spiro atoms. The van der Waals surface area contributed by atoms with E-state index >= 15 is 0 Å². The van der Waals surface area contributed by atoms with E-state index in [9.17, 15) is 18.0 Å². The smallest absolute Gasteiger partial charge is 0.357 e. The molecule has 1 aromatic carbocycles. The monoisotopic (exact) mass is 435 g/mol. The molecule has 1 N–H and O–H groups in total.